The Labute approximate surface area is 162 Å². The van der Waals surface area contributed by atoms with E-state index in [4.69, 9.17) is 0 Å². The quantitative estimate of drug-likeness (QED) is 0.722. The third-order valence-electron chi connectivity index (χ3n) is 5.32. The SMILES string of the molecule is CCN(CC)S(=O)(=O)c1ccc(NC(=O)CN2CCN(C3CC3)CC2)cc1. The lowest BCUT2D eigenvalue weighted by Crippen LogP contribution is -2.49. The van der Waals surface area contributed by atoms with Gasteiger partial charge in [0.15, 0.2) is 0 Å². The second-order valence-corrected chi connectivity index (χ2v) is 9.14. The van der Waals surface area contributed by atoms with Gasteiger partial charge in [-0.3, -0.25) is 14.6 Å². The molecule has 2 aliphatic rings. The molecule has 27 heavy (non-hydrogen) atoms. The van der Waals surface area contributed by atoms with E-state index in [0.29, 0.717) is 25.3 Å². The van der Waals surface area contributed by atoms with E-state index in [-0.39, 0.29) is 10.8 Å². The van der Waals surface area contributed by atoms with Crippen LogP contribution in [0.4, 0.5) is 5.69 Å². The fraction of sp³-hybridized carbons (Fsp3) is 0.632. The van der Waals surface area contributed by atoms with Gasteiger partial charge in [-0.1, -0.05) is 13.8 Å². The summed E-state index contributed by atoms with van der Waals surface area (Å²) < 4.78 is 26.4. The van der Waals surface area contributed by atoms with Gasteiger partial charge in [0, 0.05) is 51.0 Å². The minimum absolute atomic E-state index is 0.0609. The van der Waals surface area contributed by atoms with Gasteiger partial charge in [-0.15, -0.1) is 0 Å². The number of carbonyl (C=O) groups excluding carboxylic acids is 1. The average Bonchev–Trinajstić information content (AvgIpc) is 3.49. The number of nitrogens with one attached hydrogen (secondary N) is 1. The van der Waals surface area contributed by atoms with Crippen molar-refractivity contribution in [1.29, 1.82) is 0 Å². The Balaban J connectivity index is 1.51. The molecule has 1 saturated carbocycles. The van der Waals surface area contributed by atoms with Gasteiger partial charge in [0.1, 0.15) is 0 Å². The van der Waals surface area contributed by atoms with Gasteiger partial charge < -0.3 is 5.32 Å². The second-order valence-electron chi connectivity index (χ2n) is 7.21. The fourth-order valence-corrected chi connectivity index (χ4v) is 5.01. The van der Waals surface area contributed by atoms with Crippen LogP contribution in [0, 0.1) is 0 Å². The normalized spacial score (nSPS) is 19.4. The first-order valence-electron chi connectivity index (χ1n) is 9.80. The van der Waals surface area contributed by atoms with Crippen molar-refractivity contribution in [3.63, 3.8) is 0 Å². The molecule has 0 atom stereocenters. The van der Waals surface area contributed by atoms with Crippen LogP contribution in [0.1, 0.15) is 26.7 Å². The van der Waals surface area contributed by atoms with Crippen LogP contribution < -0.4 is 5.32 Å². The molecule has 7 nitrogen and oxygen atoms in total. The highest BCUT2D eigenvalue weighted by molar-refractivity contribution is 7.89. The van der Waals surface area contributed by atoms with Crippen LogP contribution in [0.2, 0.25) is 0 Å². The maximum Gasteiger partial charge on any atom is 0.243 e. The topological polar surface area (TPSA) is 73.0 Å². The number of amides is 1. The fourth-order valence-electron chi connectivity index (χ4n) is 3.55. The van der Waals surface area contributed by atoms with Gasteiger partial charge in [-0.05, 0) is 37.1 Å². The zero-order valence-corrected chi connectivity index (χ0v) is 17.0. The van der Waals surface area contributed by atoms with E-state index in [1.165, 1.54) is 17.1 Å². The van der Waals surface area contributed by atoms with E-state index < -0.39 is 10.0 Å². The number of rotatable bonds is 8. The third kappa shape index (κ3) is 5.07. The monoisotopic (exact) mass is 394 g/mol. The van der Waals surface area contributed by atoms with Crippen LogP contribution in [0.25, 0.3) is 0 Å². The Kier molecular flexibility index (Phi) is 6.52. The largest absolute Gasteiger partial charge is 0.325 e. The summed E-state index contributed by atoms with van der Waals surface area (Å²) in [5.41, 5.74) is 0.620. The minimum Gasteiger partial charge on any atom is -0.325 e. The molecule has 0 unspecified atom stereocenters. The second kappa shape index (κ2) is 8.68. The lowest BCUT2D eigenvalue weighted by molar-refractivity contribution is -0.117. The van der Waals surface area contributed by atoms with Crippen molar-refractivity contribution in [3.05, 3.63) is 24.3 Å². The summed E-state index contributed by atoms with van der Waals surface area (Å²) in [6, 6.07) is 7.20. The van der Waals surface area contributed by atoms with Crippen LogP contribution in [0.5, 0.6) is 0 Å². The van der Waals surface area contributed by atoms with Crippen molar-refractivity contribution < 1.29 is 13.2 Å². The summed E-state index contributed by atoms with van der Waals surface area (Å²) in [6.45, 7) is 8.80. The summed E-state index contributed by atoms with van der Waals surface area (Å²) in [4.78, 5) is 17.2. The highest BCUT2D eigenvalue weighted by Gasteiger charge is 2.31. The Morgan fingerprint density at radius 1 is 1.07 bits per heavy atom. The van der Waals surface area contributed by atoms with Gasteiger partial charge in [-0.2, -0.15) is 4.31 Å². The van der Waals surface area contributed by atoms with Crippen molar-refractivity contribution in [2.75, 3.05) is 51.1 Å². The molecule has 0 radical (unpaired) electrons. The van der Waals surface area contributed by atoms with E-state index in [9.17, 15) is 13.2 Å². The molecule has 8 heteroatoms. The number of sulfonamides is 1. The van der Waals surface area contributed by atoms with Crippen LogP contribution in [-0.4, -0.2) is 80.3 Å². The summed E-state index contributed by atoms with van der Waals surface area (Å²) in [5.74, 6) is -0.0609. The number of hydrogen-bond acceptors (Lipinski definition) is 5. The van der Waals surface area contributed by atoms with Crippen molar-refractivity contribution >= 4 is 21.6 Å². The molecular formula is C19H30N4O3S. The average molecular weight is 395 g/mol. The number of hydrogen-bond donors (Lipinski definition) is 1. The molecule has 1 aliphatic carbocycles. The van der Waals surface area contributed by atoms with Crippen molar-refractivity contribution in [1.82, 2.24) is 14.1 Å². The lowest BCUT2D eigenvalue weighted by Gasteiger charge is -2.34. The molecule has 1 aromatic carbocycles. The molecule has 1 amide bonds. The van der Waals surface area contributed by atoms with Crippen LogP contribution in [0.3, 0.4) is 0 Å². The first kappa shape index (κ1) is 20.3. The maximum absolute atomic E-state index is 12.5. The molecule has 0 spiro atoms. The Morgan fingerprint density at radius 2 is 1.67 bits per heavy atom. The molecule has 1 aliphatic heterocycles. The van der Waals surface area contributed by atoms with Gasteiger partial charge in [0.25, 0.3) is 0 Å². The molecule has 150 valence electrons. The maximum atomic E-state index is 12.5. The van der Waals surface area contributed by atoms with Crippen molar-refractivity contribution in [2.45, 2.75) is 37.6 Å². The molecule has 2 fully saturated rings. The number of carbonyl (C=O) groups is 1. The molecule has 1 aromatic rings. The zero-order chi connectivity index (χ0) is 19.4. The summed E-state index contributed by atoms with van der Waals surface area (Å²) in [5, 5.41) is 2.87. The number of benzene rings is 1. The molecule has 0 bridgehead atoms. The molecule has 1 saturated heterocycles. The molecular weight excluding hydrogens is 364 g/mol. The van der Waals surface area contributed by atoms with Crippen LogP contribution in [0.15, 0.2) is 29.2 Å². The van der Waals surface area contributed by atoms with E-state index in [1.807, 2.05) is 13.8 Å². The smallest absolute Gasteiger partial charge is 0.243 e. The number of piperazine rings is 1. The minimum atomic E-state index is -3.47. The standard InChI is InChI=1S/C19H30N4O3S/c1-3-23(4-2)27(25,26)18-9-5-16(6-10-18)20-19(24)15-21-11-13-22(14-12-21)17-7-8-17/h5-6,9-10,17H,3-4,7-8,11-15H2,1-2H3,(H,20,24). The van der Waals surface area contributed by atoms with Gasteiger partial charge in [0.2, 0.25) is 15.9 Å². The van der Waals surface area contributed by atoms with Crippen LogP contribution >= 0.6 is 0 Å². The van der Waals surface area contributed by atoms with E-state index in [1.54, 1.807) is 24.3 Å². The first-order valence-corrected chi connectivity index (χ1v) is 11.2. The number of nitrogens with zero attached hydrogens (tertiary/aromatic N) is 3. The molecule has 0 aromatic heterocycles. The van der Waals surface area contributed by atoms with Gasteiger partial charge >= 0.3 is 0 Å². The first-order chi connectivity index (χ1) is 12.9. The molecule has 3 rings (SSSR count). The van der Waals surface area contributed by atoms with Crippen molar-refractivity contribution in [2.24, 2.45) is 0 Å². The molecule has 1 heterocycles. The van der Waals surface area contributed by atoms with Crippen molar-refractivity contribution in [3.8, 4) is 0 Å². The number of anilines is 1. The summed E-state index contributed by atoms with van der Waals surface area (Å²) >= 11 is 0. The Morgan fingerprint density at radius 3 is 2.19 bits per heavy atom. The zero-order valence-electron chi connectivity index (χ0n) is 16.2. The Bertz CT molecular complexity index is 735. The summed E-state index contributed by atoms with van der Waals surface area (Å²) in [7, 11) is -3.47. The lowest BCUT2D eigenvalue weighted by atomic mass is 10.3. The van der Waals surface area contributed by atoms with E-state index in [2.05, 4.69) is 15.1 Å². The predicted octanol–water partition coefficient (Wildman–Crippen LogP) is 1.44. The Hall–Kier alpha value is -1.48. The van der Waals surface area contributed by atoms with E-state index in [0.717, 1.165) is 32.2 Å². The van der Waals surface area contributed by atoms with E-state index >= 15 is 0 Å². The van der Waals surface area contributed by atoms with Crippen LogP contribution in [-0.2, 0) is 14.8 Å². The third-order valence-corrected chi connectivity index (χ3v) is 7.38. The van der Waals surface area contributed by atoms with Gasteiger partial charge in [-0.25, -0.2) is 8.42 Å². The molecule has 1 N–H and O–H groups in total. The summed E-state index contributed by atoms with van der Waals surface area (Å²) in [6.07, 6.45) is 2.64. The predicted molar refractivity (Wildman–Crippen MR) is 106 cm³/mol. The highest BCUT2D eigenvalue weighted by Crippen LogP contribution is 2.27. The van der Waals surface area contributed by atoms with Gasteiger partial charge in [0.05, 0.1) is 11.4 Å². The highest BCUT2D eigenvalue weighted by atomic mass is 32.2.